The van der Waals surface area contributed by atoms with Gasteiger partial charge in [0.25, 0.3) is 0 Å². The van der Waals surface area contributed by atoms with Crippen LogP contribution >= 0.6 is 0 Å². The lowest BCUT2D eigenvalue weighted by Gasteiger charge is -1.99. The predicted molar refractivity (Wildman–Crippen MR) is 88.1 cm³/mol. The molecule has 1 aromatic heterocycles. The van der Waals surface area contributed by atoms with Crippen molar-refractivity contribution in [2.75, 3.05) is 5.73 Å². The van der Waals surface area contributed by atoms with Crippen molar-refractivity contribution < 1.29 is 14.7 Å². The van der Waals surface area contributed by atoms with Crippen LogP contribution in [-0.4, -0.2) is 22.0 Å². The third kappa shape index (κ3) is 4.04. The van der Waals surface area contributed by atoms with Crippen LogP contribution < -0.4 is 11.5 Å². The number of hydrogen-bond acceptors (Lipinski definition) is 4. The Hall–Kier alpha value is -3.41. The molecule has 0 aliphatic carbocycles. The maximum Gasteiger partial charge on any atom is 0.336 e. The molecular formula is C17H15N3O3. The largest absolute Gasteiger partial charge is 0.478 e. The van der Waals surface area contributed by atoms with Gasteiger partial charge in [0.2, 0.25) is 5.91 Å². The highest BCUT2D eigenvalue weighted by Gasteiger charge is 2.06. The van der Waals surface area contributed by atoms with Crippen molar-refractivity contribution in [3.63, 3.8) is 0 Å². The second-order valence-corrected chi connectivity index (χ2v) is 4.67. The molecule has 0 bridgehead atoms. The Morgan fingerprint density at radius 1 is 0.957 bits per heavy atom. The third-order valence-electron chi connectivity index (χ3n) is 3.07. The smallest absolute Gasteiger partial charge is 0.336 e. The molecule has 0 unspecified atom stereocenters. The van der Waals surface area contributed by atoms with E-state index >= 15 is 0 Å². The summed E-state index contributed by atoms with van der Waals surface area (Å²) in [5.74, 6) is -1.35. The number of nitrogen functional groups attached to an aromatic ring is 1. The number of para-hydroxylation sites is 1. The van der Waals surface area contributed by atoms with E-state index in [0.29, 0.717) is 27.7 Å². The first kappa shape index (κ1) is 16.0. The topological polar surface area (TPSA) is 119 Å². The van der Waals surface area contributed by atoms with Crippen LogP contribution in [0.5, 0.6) is 0 Å². The summed E-state index contributed by atoms with van der Waals surface area (Å²) in [5, 5.41) is 9.53. The molecule has 2 aromatic carbocycles. The number of nitrogens with zero attached hydrogens (tertiary/aromatic N) is 1. The van der Waals surface area contributed by atoms with Crippen LogP contribution in [-0.2, 0) is 0 Å². The standard InChI is InChI=1S/C10H7NO2.C7H8N2O/c12-10(13)8-5-6-11-9-4-2-1-3-7(8)9;8-6-3-1-5(2-4-6)7(9)10/h1-6H,(H,12,13);1-4H,8H2,(H2,9,10). The summed E-state index contributed by atoms with van der Waals surface area (Å²) in [6.45, 7) is 0. The molecule has 0 saturated carbocycles. The zero-order valence-electron chi connectivity index (χ0n) is 12.1. The zero-order valence-corrected chi connectivity index (χ0v) is 12.1. The highest BCUT2D eigenvalue weighted by molar-refractivity contribution is 6.02. The highest BCUT2D eigenvalue weighted by atomic mass is 16.4. The Morgan fingerprint density at radius 3 is 2.22 bits per heavy atom. The number of aromatic nitrogens is 1. The van der Waals surface area contributed by atoms with E-state index in [0.717, 1.165) is 0 Å². The molecule has 116 valence electrons. The van der Waals surface area contributed by atoms with E-state index in [1.54, 1.807) is 42.5 Å². The second kappa shape index (κ2) is 7.04. The summed E-state index contributed by atoms with van der Waals surface area (Å²) >= 11 is 0. The molecule has 0 atom stereocenters. The molecule has 6 heteroatoms. The summed E-state index contributed by atoms with van der Waals surface area (Å²) in [4.78, 5) is 25.3. The van der Waals surface area contributed by atoms with E-state index in [-0.39, 0.29) is 0 Å². The van der Waals surface area contributed by atoms with Crippen LogP contribution in [0.1, 0.15) is 20.7 Å². The Balaban J connectivity index is 0.000000174. The monoisotopic (exact) mass is 309 g/mol. The molecule has 0 aliphatic rings. The van der Waals surface area contributed by atoms with Crippen LogP contribution in [0.4, 0.5) is 5.69 Å². The summed E-state index contributed by atoms with van der Waals surface area (Å²) in [6.07, 6.45) is 1.51. The fourth-order valence-corrected chi connectivity index (χ4v) is 1.93. The van der Waals surface area contributed by atoms with Gasteiger partial charge in [-0.2, -0.15) is 0 Å². The zero-order chi connectivity index (χ0) is 16.8. The number of carboxylic acids is 1. The number of anilines is 1. The van der Waals surface area contributed by atoms with E-state index in [2.05, 4.69) is 4.98 Å². The van der Waals surface area contributed by atoms with Gasteiger partial charge in [-0.1, -0.05) is 18.2 Å². The van der Waals surface area contributed by atoms with Gasteiger partial charge in [-0.15, -0.1) is 0 Å². The molecule has 6 nitrogen and oxygen atoms in total. The summed E-state index contributed by atoms with van der Waals surface area (Å²) < 4.78 is 0. The first-order chi connectivity index (χ1) is 11.0. The molecule has 0 fully saturated rings. The van der Waals surface area contributed by atoms with E-state index in [1.807, 2.05) is 6.07 Å². The van der Waals surface area contributed by atoms with Gasteiger partial charge in [-0.25, -0.2) is 4.79 Å². The normalized spacial score (nSPS) is 9.74. The lowest BCUT2D eigenvalue weighted by atomic mass is 10.1. The first-order valence-corrected chi connectivity index (χ1v) is 6.71. The minimum Gasteiger partial charge on any atom is -0.478 e. The highest BCUT2D eigenvalue weighted by Crippen LogP contribution is 2.15. The average Bonchev–Trinajstić information content (AvgIpc) is 2.55. The average molecular weight is 309 g/mol. The van der Waals surface area contributed by atoms with Crippen LogP contribution in [0.2, 0.25) is 0 Å². The number of rotatable bonds is 2. The number of primary amides is 1. The molecular weight excluding hydrogens is 294 g/mol. The molecule has 0 radical (unpaired) electrons. The predicted octanol–water partition coefficient (Wildman–Crippen LogP) is 2.30. The van der Waals surface area contributed by atoms with E-state index < -0.39 is 11.9 Å². The van der Waals surface area contributed by atoms with Crippen molar-refractivity contribution in [1.29, 1.82) is 0 Å². The van der Waals surface area contributed by atoms with E-state index in [9.17, 15) is 9.59 Å². The number of pyridine rings is 1. The van der Waals surface area contributed by atoms with Crippen molar-refractivity contribution in [2.24, 2.45) is 5.73 Å². The van der Waals surface area contributed by atoms with Crippen LogP contribution in [0, 0.1) is 0 Å². The van der Waals surface area contributed by atoms with Gasteiger partial charge in [0.05, 0.1) is 11.1 Å². The minimum atomic E-state index is -0.918. The van der Waals surface area contributed by atoms with Gasteiger partial charge in [-0.3, -0.25) is 9.78 Å². The molecule has 1 amide bonds. The fourth-order valence-electron chi connectivity index (χ4n) is 1.93. The van der Waals surface area contributed by atoms with Gasteiger partial charge in [0.15, 0.2) is 0 Å². The molecule has 23 heavy (non-hydrogen) atoms. The van der Waals surface area contributed by atoms with Gasteiger partial charge >= 0.3 is 5.97 Å². The SMILES string of the molecule is NC(=O)c1ccc(N)cc1.O=C(O)c1ccnc2ccccc12. The maximum absolute atomic E-state index is 10.8. The number of carboxylic acid groups (broad SMARTS) is 1. The van der Waals surface area contributed by atoms with Crippen LogP contribution in [0.15, 0.2) is 60.8 Å². The summed E-state index contributed by atoms with van der Waals surface area (Å²) in [5.41, 5.74) is 12.5. The molecule has 0 aliphatic heterocycles. The van der Waals surface area contributed by atoms with Crippen LogP contribution in [0.3, 0.4) is 0 Å². The molecule has 1 heterocycles. The number of amides is 1. The van der Waals surface area contributed by atoms with Crippen molar-refractivity contribution in [3.05, 3.63) is 71.9 Å². The molecule has 0 spiro atoms. The Morgan fingerprint density at radius 2 is 1.61 bits per heavy atom. The van der Waals surface area contributed by atoms with Gasteiger partial charge in [-0.05, 0) is 36.4 Å². The Labute approximate surface area is 132 Å². The quantitative estimate of drug-likeness (QED) is 0.627. The molecule has 3 rings (SSSR count). The maximum atomic E-state index is 10.8. The number of benzene rings is 2. The Kier molecular flexibility index (Phi) is 4.89. The lowest BCUT2D eigenvalue weighted by Crippen LogP contribution is -2.10. The fraction of sp³-hybridized carbons (Fsp3) is 0. The van der Waals surface area contributed by atoms with Gasteiger partial charge in [0.1, 0.15) is 0 Å². The van der Waals surface area contributed by atoms with Crippen molar-refractivity contribution >= 4 is 28.5 Å². The molecule has 5 N–H and O–H groups in total. The third-order valence-corrected chi connectivity index (χ3v) is 3.07. The Bertz CT molecular complexity index is 840. The van der Waals surface area contributed by atoms with Crippen molar-refractivity contribution in [1.82, 2.24) is 4.98 Å². The number of fused-ring (bicyclic) bond motifs is 1. The van der Waals surface area contributed by atoms with E-state index in [1.165, 1.54) is 12.3 Å². The lowest BCUT2D eigenvalue weighted by molar-refractivity contribution is 0.0698. The minimum absolute atomic E-state index is 0.297. The summed E-state index contributed by atoms with van der Waals surface area (Å²) in [7, 11) is 0. The van der Waals surface area contributed by atoms with Gasteiger partial charge in [0, 0.05) is 22.8 Å². The number of aromatic carboxylic acids is 1. The first-order valence-electron chi connectivity index (χ1n) is 6.71. The second-order valence-electron chi connectivity index (χ2n) is 4.67. The molecule has 3 aromatic rings. The van der Waals surface area contributed by atoms with Crippen molar-refractivity contribution in [3.8, 4) is 0 Å². The molecule has 0 saturated heterocycles. The number of carbonyl (C=O) groups is 2. The number of nitrogens with two attached hydrogens (primary N) is 2. The van der Waals surface area contributed by atoms with Crippen LogP contribution in [0.25, 0.3) is 10.9 Å². The van der Waals surface area contributed by atoms with E-state index in [4.69, 9.17) is 16.6 Å². The number of hydrogen-bond donors (Lipinski definition) is 3. The van der Waals surface area contributed by atoms with Crippen molar-refractivity contribution in [2.45, 2.75) is 0 Å². The van der Waals surface area contributed by atoms with Gasteiger partial charge < -0.3 is 16.6 Å². The number of carbonyl (C=O) groups excluding carboxylic acids is 1. The summed E-state index contributed by atoms with van der Waals surface area (Å²) in [6, 6.07) is 15.2.